The highest BCUT2D eigenvalue weighted by Gasteiger charge is 2.18. The van der Waals surface area contributed by atoms with E-state index in [0.29, 0.717) is 23.1 Å². The predicted molar refractivity (Wildman–Crippen MR) is 104 cm³/mol. The molecular weight excluding hydrogens is 380 g/mol. The fourth-order valence-electron chi connectivity index (χ4n) is 2.63. The van der Waals surface area contributed by atoms with Gasteiger partial charge in [0.15, 0.2) is 0 Å². The topological polar surface area (TPSA) is 85.8 Å². The number of aromatic nitrogens is 4. The molecule has 3 rings (SSSR count). The first-order valence-electron chi connectivity index (χ1n) is 8.43. The average molecular weight is 397 g/mol. The molecule has 1 aromatic carbocycles. The van der Waals surface area contributed by atoms with Crippen molar-refractivity contribution in [3.8, 4) is 22.8 Å². The van der Waals surface area contributed by atoms with Gasteiger partial charge in [-0.05, 0) is 29.8 Å². The van der Waals surface area contributed by atoms with E-state index in [1.807, 2.05) is 0 Å². The van der Waals surface area contributed by atoms with Crippen LogP contribution in [-0.4, -0.2) is 25.8 Å². The van der Waals surface area contributed by atoms with Gasteiger partial charge in [-0.15, -0.1) is 0 Å². The fraction of sp³-hybridized carbons (Fsp3) is 0.100. The minimum Gasteiger partial charge on any atom is -0.339 e. The molecule has 2 aromatic heterocycles. The molecule has 2 heterocycles. The van der Waals surface area contributed by atoms with Gasteiger partial charge in [-0.25, -0.2) is 8.78 Å². The maximum atomic E-state index is 13.6. The number of aryl methyl sites for hydroxylation is 2. The quantitative estimate of drug-likeness (QED) is 0.496. The van der Waals surface area contributed by atoms with Crippen molar-refractivity contribution in [2.75, 3.05) is 5.32 Å². The Bertz CT molecular complexity index is 1130. The number of benzene rings is 1. The van der Waals surface area contributed by atoms with Crippen LogP contribution >= 0.6 is 0 Å². The van der Waals surface area contributed by atoms with Gasteiger partial charge in [0.2, 0.25) is 11.7 Å². The molecule has 0 bridgehead atoms. The molecule has 0 aliphatic heterocycles. The normalized spacial score (nSPS) is 11.7. The summed E-state index contributed by atoms with van der Waals surface area (Å²) in [6.45, 7) is 7.86. The SMILES string of the molecule is C=C/C(F)=C(\C(=C)F)C(=O)Nc1ccc(-c2cc(-c3noc(C)n3)nn2C)cc1. The molecule has 7 nitrogen and oxygen atoms in total. The van der Waals surface area contributed by atoms with Crippen molar-refractivity contribution in [2.45, 2.75) is 6.92 Å². The maximum absolute atomic E-state index is 13.6. The van der Waals surface area contributed by atoms with E-state index in [0.717, 1.165) is 17.3 Å². The lowest BCUT2D eigenvalue weighted by atomic mass is 10.1. The lowest BCUT2D eigenvalue weighted by Gasteiger charge is -2.08. The molecule has 0 saturated heterocycles. The van der Waals surface area contributed by atoms with E-state index in [9.17, 15) is 13.6 Å². The van der Waals surface area contributed by atoms with E-state index < -0.39 is 23.1 Å². The van der Waals surface area contributed by atoms with Gasteiger partial charge in [-0.2, -0.15) is 10.1 Å². The number of hydrogen-bond donors (Lipinski definition) is 1. The van der Waals surface area contributed by atoms with Crippen LogP contribution in [0.5, 0.6) is 0 Å². The average Bonchev–Trinajstić information content (AvgIpc) is 3.27. The molecule has 1 N–H and O–H groups in total. The number of halogens is 2. The highest BCUT2D eigenvalue weighted by atomic mass is 19.1. The van der Waals surface area contributed by atoms with Crippen molar-refractivity contribution in [3.63, 3.8) is 0 Å². The molecule has 3 aromatic rings. The van der Waals surface area contributed by atoms with Crippen LogP contribution in [-0.2, 0) is 11.8 Å². The summed E-state index contributed by atoms with van der Waals surface area (Å²) in [5, 5.41) is 10.6. The number of amides is 1. The Morgan fingerprint density at radius 1 is 1.28 bits per heavy atom. The van der Waals surface area contributed by atoms with Gasteiger partial charge in [-0.1, -0.05) is 30.4 Å². The van der Waals surface area contributed by atoms with Gasteiger partial charge >= 0.3 is 0 Å². The Hall–Kier alpha value is -3.88. The Balaban J connectivity index is 1.82. The summed E-state index contributed by atoms with van der Waals surface area (Å²) in [6, 6.07) is 8.46. The number of rotatable bonds is 6. The molecule has 0 aliphatic rings. The van der Waals surface area contributed by atoms with Crippen LogP contribution < -0.4 is 5.32 Å². The van der Waals surface area contributed by atoms with Crippen LogP contribution in [0.2, 0.25) is 0 Å². The lowest BCUT2D eigenvalue weighted by molar-refractivity contribution is -0.112. The van der Waals surface area contributed by atoms with E-state index in [1.165, 1.54) is 0 Å². The zero-order chi connectivity index (χ0) is 21.1. The number of hydrogen-bond acceptors (Lipinski definition) is 5. The Kier molecular flexibility index (Phi) is 5.49. The molecule has 9 heteroatoms. The minimum atomic E-state index is -1.18. The number of nitrogens with one attached hydrogen (secondary N) is 1. The van der Waals surface area contributed by atoms with Gasteiger partial charge < -0.3 is 9.84 Å². The number of nitrogens with zero attached hydrogens (tertiary/aromatic N) is 4. The lowest BCUT2D eigenvalue weighted by Crippen LogP contribution is -2.15. The first-order valence-corrected chi connectivity index (χ1v) is 8.43. The van der Waals surface area contributed by atoms with Crippen molar-refractivity contribution in [1.82, 2.24) is 19.9 Å². The van der Waals surface area contributed by atoms with E-state index in [-0.39, 0.29) is 0 Å². The number of allylic oxidation sites excluding steroid dienone is 2. The summed E-state index contributed by atoms with van der Waals surface area (Å²) in [7, 11) is 1.77. The molecule has 0 aliphatic carbocycles. The van der Waals surface area contributed by atoms with Crippen molar-refractivity contribution in [1.29, 1.82) is 0 Å². The summed E-state index contributed by atoms with van der Waals surface area (Å²) in [5.41, 5.74) is 1.68. The van der Waals surface area contributed by atoms with Gasteiger partial charge in [0.05, 0.1) is 5.69 Å². The molecule has 0 radical (unpaired) electrons. The molecule has 0 fully saturated rings. The van der Waals surface area contributed by atoms with Crippen molar-refractivity contribution in [3.05, 3.63) is 72.7 Å². The summed E-state index contributed by atoms with van der Waals surface area (Å²) >= 11 is 0. The smallest absolute Gasteiger partial charge is 0.261 e. The highest BCUT2D eigenvalue weighted by molar-refractivity contribution is 6.07. The van der Waals surface area contributed by atoms with E-state index in [1.54, 1.807) is 49.0 Å². The second-order valence-electron chi connectivity index (χ2n) is 6.04. The monoisotopic (exact) mass is 397 g/mol. The standard InChI is InChI=1S/C20H17F2N5O2/c1-5-15(22)18(11(2)21)20(28)24-14-8-6-13(7-9-14)17-10-16(25-27(17)4)19-23-12(3)29-26-19/h5-10H,1-2H2,3-4H3,(H,24,28)/b18-15-. The molecule has 0 unspecified atom stereocenters. The van der Waals surface area contributed by atoms with Crippen LogP contribution in [0, 0.1) is 6.92 Å². The van der Waals surface area contributed by atoms with Gasteiger partial charge in [0.25, 0.3) is 5.91 Å². The van der Waals surface area contributed by atoms with Gasteiger partial charge in [0.1, 0.15) is 22.9 Å². The molecule has 1 amide bonds. The number of carbonyl (C=O) groups excluding carboxylic acids is 1. The Labute approximate surface area is 165 Å². The maximum Gasteiger partial charge on any atom is 0.261 e. The molecule has 29 heavy (non-hydrogen) atoms. The van der Waals surface area contributed by atoms with Crippen LogP contribution in [0.3, 0.4) is 0 Å². The van der Waals surface area contributed by atoms with E-state index in [4.69, 9.17) is 4.52 Å². The summed E-state index contributed by atoms with van der Waals surface area (Å²) in [5.74, 6) is -2.42. The second-order valence-corrected chi connectivity index (χ2v) is 6.04. The fourth-order valence-corrected chi connectivity index (χ4v) is 2.63. The summed E-state index contributed by atoms with van der Waals surface area (Å²) < 4.78 is 33.7. The predicted octanol–water partition coefficient (Wildman–Crippen LogP) is 4.28. The Morgan fingerprint density at radius 3 is 2.52 bits per heavy atom. The summed E-state index contributed by atoms with van der Waals surface area (Å²) in [4.78, 5) is 16.3. The van der Waals surface area contributed by atoms with Crippen LogP contribution in [0.4, 0.5) is 14.5 Å². The van der Waals surface area contributed by atoms with Crippen molar-refractivity contribution >= 4 is 11.6 Å². The summed E-state index contributed by atoms with van der Waals surface area (Å²) in [6.07, 6.45) is 0.744. The molecule has 0 spiro atoms. The van der Waals surface area contributed by atoms with Crippen LogP contribution in [0.1, 0.15) is 5.89 Å². The first kappa shape index (κ1) is 19.9. The number of anilines is 1. The van der Waals surface area contributed by atoms with Crippen molar-refractivity contribution < 1.29 is 18.1 Å². The third-order valence-corrected chi connectivity index (χ3v) is 3.99. The van der Waals surface area contributed by atoms with Crippen LogP contribution in [0.15, 0.2) is 71.3 Å². The second kappa shape index (κ2) is 8.01. The zero-order valence-electron chi connectivity index (χ0n) is 15.7. The largest absolute Gasteiger partial charge is 0.339 e. The van der Waals surface area contributed by atoms with Crippen molar-refractivity contribution in [2.24, 2.45) is 7.05 Å². The third kappa shape index (κ3) is 4.18. The third-order valence-electron chi connectivity index (χ3n) is 3.99. The van der Waals surface area contributed by atoms with Crippen LogP contribution in [0.25, 0.3) is 22.8 Å². The molecule has 0 saturated carbocycles. The molecular formula is C20H17F2N5O2. The highest BCUT2D eigenvalue weighted by Crippen LogP contribution is 2.26. The van der Waals surface area contributed by atoms with E-state index in [2.05, 4.69) is 33.7 Å². The molecule has 0 atom stereocenters. The van der Waals surface area contributed by atoms with Gasteiger partial charge in [-0.3, -0.25) is 9.48 Å². The van der Waals surface area contributed by atoms with Gasteiger partial charge in [0, 0.05) is 19.7 Å². The number of carbonyl (C=O) groups is 1. The zero-order valence-corrected chi connectivity index (χ0v) is 15.7. The minimum absolute atomic E-state index is 0.352. The first-order chi connectivity index (χ1) is 13.8. The van der Waals surface area contributed by atoms with E-state index >= 15 is 0 Å². The Morgan fingerprint density at radius 2 is 1.97 bits per heavy atom. The molecule has 148 valence electrons.